The van der Waals surface area contributed by atoms with Crippen molar-refractivity contribution >= 4 is 11.7 Å². The number of ketones is 1. The van der Waals surface area contributed by atoms with Gasteiger partial charge in [-0.15, -0.1) is 0 Å². The van der Waals surface area contributed by atoms with Crippen molar-refractivity contribution in [3.05, 3.63) is 23.4 Å². The molecule has 0 radical (unpaired) electrons. The lowest BCUT2D eigenvalue weighted by molar-refractivity contribution is -0.125. The third-order valence-corrected chi connectivity index (χ3v) is 3.34. The fraction of sp³-hybridized carbons (Fsp3) is 0.500. The lowest BCUT2D eigenvalue weighted by Gasteiger charge is -2.30. The van der Waals surface area contributed by atoms with Gasteiger partial charge in [-0.2, -0.15) is 5.26 Å². The van der Waals surface area contributed by atoms with E-state index >= 15 is 0 Å². The first kappa shape index (κ1) is 16.1. The number of nitriles is 1. The zero-order valence-corrected chi connectivity index (χ0v) is 12.0. The fourth-order valence-corrected chi connectivity index (χ4v) is 1.97. The molecule has 108 valence electrons. The van der Waals surface area contributed by atoms with Gasteiger partial charge < -0.3 is 15.4 Å². The Morgan fingerprint density at radius 3 is 2.75 bits per heavy atom. The van der Waals surface area contributed by atoms with Crippen LogP contribution >= 0.6 is 0 Å². The largest absolute Gasteiger partial charge is 0.384 e. The van der Waals surface area contributed by atoms with Crippen molar-refractivity contribution < 1.29 is 14.3 Å². The van der Waals surface area contributed by atoms with Gasteiger partial charge in [-0.1, -0.05) is 6.08 Å². The number of amides is 1. The Hall–Kier alpha value is -1.97. The number of nitrogens with zero attached hydrogens (tertiary/aromatic N) is 2. The van der Waals surface area contributed by atoms with Crippen molar-refractivity contribution in [1.82, 2.24) is 4.90 Å². The fourth-order valence-electron chi connectivity index (χ4n) is 1.97. The molecule has 1 amide bonds. The van der Waals surface area contributed by atoms with E-state index in [0.29, 0.717) is 11.3 Å². The normalized spacial score (nSPS) is 21.6. The maximum Gasteiger partial charge on any atom is 0.223 e. The summed E-state index contributed by atoms with van der Waals surface area (Å²) < 4.78 is 4.86. The molecule has 1 rings (SSSR count). The molecule has 0 aliphatic heterocycles. The number of hydrogen-bond acceptors (Lipinski definition) is 5. The molecule has 0 aromatic rings. The summed E-state index contributed by atoms with van der Waals surface area (Å²) in [4.78, 5) is 24.8. The van der Waals surface area contributed by atoms with Crippen molar-refractivity contribution in [2.45, 2.75) is 25.3 Å². The summed E-state index contributed by atoms with van der Waals surface area (Å²) >= 11 is 0. The third-order valence-electron chi connectivity index (χ3n) is 3.34. The predicted octanol–water partition coefficient (Wildman–Crippen LogP) is 0.505. The molecule has 0 aromatic carbocycles. The second-order valence-electron chi connectivity index (χ2n) is 4.77. The first-order valence-electron chi connectivity index (χ1n) is 6.23. The first-order valence-corrected chi connectivity index (χ1v) is 6.23. The van der Waals surface area contributed by atoms with Crippen LogP contribution in [0, 0.1) is 11.3 Å². The van der Waals surface area contributed by atoms with Crippen LogP contribution in [0.25, 0.3) is 0 Å². The minimum absolute atomic E-state index is 0.0928. The van der Waals surface area contributed by atoms with E-state index in [1.54, 1.807) is 19.2 Å². The molecule has 1 unspecified atom stereocenters. The number of carbonyl (C=O) groups excluding carboxylic acids is 2. The minimum atomic E-state index is -1.20. The van der Waals surface area contributed by atoms with Gasteiger partial charge in [-0.25, -0.2) is 0 Å². The monoisotopic (exact) mass is 277 g/mol. The summed E-state index contributed by atoms with van der Waals surface area (Å²) in [6.45, 7) is 1.70. The number of hydrogen-bond donors (Lipinski definition) is 1. The highest BCUT2D eigenvalue weighted by Crippen LogP contribution is 2.28. The molecule has 6 heteroatoms. The van der Waals surface area contributed by atoms with Gasteiger partial charge in [0, 0.05) is 33.9 Å². The molecule has 0 aromatic heterocycles. The van der Waals surface area contributed by atoms with E-state index in [2.05, 4.69) is 0 Å². The van der Waals surface area contributed by atoms with Crippen molar-refractivity contribution in [3.63, 3.8) is 0 Å². The van der Waals surface area contributed by atoms with Crippen molar-refractivity contribution in [3.8, 4) is 6.07 Å². The number of rotatable bonds is 5. The SMILES string of the molecule is COCCC(=O)C1(N)C=CC(N(C)C(C)=O)=C(C#N)C1. The smallest absolute Gasteiger partial charge is 0.223 e. The van der Waals surface area contributed by atoms with E-state index in [0.717, 1.165) is 0 Å². The molecule has 0 fully saturated rings. The van der Waals surface area contributed by atoms with E-state index in [-0.39, 0.29) is 31.1 Å². The van der Waals surface area contributed by atoms with E-state index in [1.807, 2.05) is 6.07 Å². The number of likely N-dealkylation sites (N-methyl/N-ethyl adjacent to an activating group) is 1. The molecule has 0 saturated carbocycles. The summed E-state index contributed by atoms with van der Waals surface area (Å²) in [5.41, 5.74) is 5.68. The maximum atomic E-state index is 12.1. The lowest BCUT2D eigenvalue weighted by Crippen LogP contribution is -2.48. The molecule has 1 aliphatic rings. The molecule has 2 N–H and O–H groups in total. The number of methoxy groups -OCH3 is 1. The first-order chi connectivity index (χ1) is 9.35. The molecule has 1 atom stereocenters. The number of allylic oxidation sites excluding steroid dienone is 1. The van der Waals surface area contributed by atoms with Gasteiger partial charge in [0.05, 0.1) is 29.5 Å². The number of carbonyl (C=O) groups is 2. The molecule has 1 aliphatic carbocycles. The topological polar surface area (TPSA) is 96.4 Å². The number of nitrogens with two attached hydrogens (primary N) is 1. The van der Waals surface area contributed by atoms with E-state index in [9.17, 15) is 14.9 Å². The third kappa shape index (κ3) is 3.32. The maximum absolute atomic E-state index is 12.1. The summed E-state index contributed by atoms with van der Waals surface area (Å²) in [5.74, 6) is -0.375. The second kappa shape index (κ2) is 6.46. The van der Waals surface area contributed by atoms with Crippen LogP contribution in [-0.2, 0) is 14.3 Å². The Kier molecular flexibility index (Phi) is 5.19. The predicted molar refractivity (Wildman–Crippen MR) is 73.3 cm³/mol. The van der Waals surface area contributed by atoms with E-state index < -0.39 is 5.54 Å². The number of ether oxygens (including phenoxy) is 1. The van der Waals surface area contributed by atoms with Gasteiger partial charge in [-0.05, 0) is 6.08 Å². The lowest BCUT2D eigenvalue weighted by atomic mass is 9.82. The minimum Gasteiger partial charge on any atom is -0.384 e. The van der Waals surface area contributed by atoms with Gasteiger partial charge in [0.25, 0.3) is 0 Å². The van der Waals surface area contributed by atoms with Gasteiger partial charge in [0.2, 0.25) is 5.91 Å². The van der Waals surface area contributed by atoms with E-state index in [4.69, 9.17) is 10.5 Å². The second-order valence-corrected chi connectivity index (χ2v) is 4.77. The molecule has 6 nitrogen and oxygen atoms in total. The highest BCUT2D eigenvalue weighted by Gasteiger charge is 2.35. The summed E-state index contributed by atoms with van der Waals surface area (Å²) in [5, 5.41) is 9.21. The van der Waals surface area contributed by atoms with Crippen LogP contribution in [0.3, 0.4) is 0 Å². The van der Waals surface area contributed by atoms with Crippen LogP contribution in [0.2, 0.25) is 0 Å². The van der Waals surface area contributed by atoms with Gasteiger partial charge in [-0.3, -0.25) is 9.59 Å². The molecular weight excluding hydrogens is 258 g/mol. The Balaban J connectivity index is 3.00. The summed E-state index contributed by atoms with van der Waals surface area (Å²) in [6, 6.07) is 2.03. The zero-order chi connectivity index (χ0) is 15.3. The highest BCUT2D eigenvalue weighted by molar-refractivity contribution is 5.91. The average molecular weight is 277 g/mol. The standard InChI is InChI=1S/C14H19N3O3/c1-10(18)17(2)12-4-6-14(16,8-11(12)9-15)13(19)5-7-20-3/h4,6H,5,7-8,16H2,1-3H3. The molecule has 0 bridgehead atoms. The molecule has 0 spiro atoms. The van der Waals surface area contributed by atoms with E-state index in [1.165, 1.54) is 18.9 Å². The number of Topliss-reactive ketones (excluding diaryl/α,β-unsaturated/α-hetero) is 1. The summed E-state index contributed by atoms with van der Waals surface area (Å²) in [7, 11) is 3.09. The van der Waals surface area contributed by atoms with Crippen LogP contribution < -0.4 is 5.73 Å². The van der Waals surface area contributed by atoms with Crippen LogP contribution in [-0.4, -0.2) is 42.9 Å². The van der Waals surface area contributed by atoms with Crippen molar-refractivity contribution in [2.24, 2.45) is 5.73 Å². The Morgan fingerprint density at radius 1 is 1.60 bits per heavy atom. The Labute approximate surface area is 118 Å². The van der Waals surface area contributed by atoms with Crippen LogP contribution in [0.5, 0.6) is 0 Å². The average Bonchev–Trinajstić information content (AvgIpc) is 2.43. The Morgan fingerprint density at radius 2 is 2.25 bits per heavy atom. The molecular formula is C14H19N3O3. The Bertz CT molecular complexity index is 516. The van der Waals surface area contributed by atoms with Crippen molar-refractivity contribution in [2.75, 3.05) is 20.8 Å². The molecule has 20 heavy (non-hydrogen) atoms. The van der Waals surface area contributed by atoms with Crippen molar-refractivity contribution in [1.29, 1.82) is 5.26 Å². The summed E-state index contributed by atoms with van der Waals surface area (Å²) in [6.07, 6.45) is 3.40. The van der Waals surface area contributed by atoms with Gasteiger partial charge in [0.1, 0.15) is 0 Å². The molecule has 0 heterocycles. The van der Waals surface area contributed by atoms with Gasteiger partial charge >= 0.3 is 0 Å². The quantitative estimate of drug-likeness (QED) is 0.789. The van der Waals surface area contributed by atoms with Crippen LogP contribution in [0.1, 0.15) is 19.8 Å². The molecule has 0 saturated heterocycles. The van der Waals surface area contributed by atoms with Crippen LogP contribution in [0.4, 0.5) is 0 Å². The van der Waals surface area contributed by atoms with Gasteiger partial charge in [0.15, 0.2) is 5.78 Å². The van der Waals surface area contributed by atoms with Crippen LogP contribution in [0.15, 0.2) is 23.4 Å². The highest BCUT2D eigenvalue weighted by atomic mass is 16.5. The zero-order valence-electron chi connectivity index (χ0n) is 12.0.